The zero-order chi connectivity index (χ0) is 17.7. The van der Waals surface area contributed by atoms with E-state index < -0.39 is 6.10 Å². The number of aliphatic hydroxyl groups excluding tert-OH is 1. The number of aromatic nitrogens is 5. The quantitative estimate of drug-likeness (QED) is 0.781. The Hall–Kier alpha value is -2.80. The van der Waals surface area contributed by atoms with Crippen molar-refractivity contribution in [2.45, 2.75) is 43.4 Å². The number of hydrogen-bond donors (Lipinski definition) is 1. The van der Waals surface area contributed by atoms with Gasteiger partial charge in [0.15, 0.2) is 5.82 Å². The molecule has 3 aromatic rings. The lowest BCUT2D eigenvalue weighted by Crippen LogP contribution is -2.35. The Morgan fingerprint density at radius 1 is 1.08 bits per heavy atom. The number of rotatable bonds is 3. The van der Waals surface area contributed by atoms with Crippen molar-refractivity contribution in [2.75, 3.05) is 0 Å². The Morgan fingerprint density at radius 2 is 1.88 bits per heavy atom. The summed E-state index contributed by atoms with van der Waals surface area (Å²) < 4.78 is 3.14. The van der Waals surface area contributed by atoms with Crippen LogP contribution in [0.3, 0.4) is 0 Å². The summed E-state index contributed by atoms with van der Waals surface area (Å²) in [6.45, 7) is 0. The molecule has 7 heteroatoms. The molecule has 0 saturated heterocycles. The van der Waals surface area contributed by atoms with Crippen molar-refractivity contribution in [3.8, 4) is 0 Å². The Kier molecular flexibility index (Phi) is 3.49. The first-order valence-electron chi connectivity index (χ1n) is 8.92. The lowest BCUT2D eigenvalue weighted by atomic mass is 9.76. The normalized spacial score (nSPS) is 27.1. The Labute approximate surface area is 150 Å². The predicted molar refractivity (Wildman–Crippen MR) is 93.7 cm³/mol. The van der Waals surface area contributed by atoms with Crippen LogP contribution in [0.4, 0.5) is 0 Å². The number of fused-ring (bicyclic) bond motifs is 1. The topological polar surface area (TPSA) is 85.8 Å². The minimum Gasteiger partial charge on any atom is -0.385 e. The molecule has 1 aromatic carbocycles. The molecule has 1 aliphatic heterocycles. The molecule has 2 aliphatic rings. The molecule has 0 spiro atoms. The number of hydrogen-bond acceptors (Lipinski definition) is 5. The Balaban J connectivity index is 1.43. The van der Waals surface area contributed by atoms with Gasteiger partial charge in [0.05, 0.1) is 24.0 Å². The van der Waals surface area contributed by atoms with Gasteiger partial charge in [0.25, 0.3) is 0 Å². The second-order valence-corrected chi connectivity index (χ2v) is 7.09. The van der Waals surface area contributed by atoms with E-state index in [1.807, 2.05) is 18.2 Å². The van der Waals surface area contributed by atoms with Gasteiger partial charge in [0, 0.05) is 18.8 Å². The molecule has 26 heavy (non-hydrogen) atoms. The minimum absolute atomic E-state index is 0.0838. The highest BCUT2D eigenvalue weighted by Gasteiger charge is 2.40. The summed E-state index contributed by atoms with van der Waals surface area (Å²) >= 11 is 0. The smallest absolute Gasteiger partial charge is 0.346 e. The van der Waals surface area contributed by atoms with Gasteiger partial charge in [-0.05, 0) is 24.3 Å². The molecule has 2 atom stereocenters. The lowest BCUT2D eigenvalue weighted by Gasteiger charge is -2.35. The number of benzene rings is 1. The second-order valence-electron chi connectivity index (χ2n) is 7.09. The average molecular weight is 349 g/mol. The van der Waals surface area contributed by atoms with Crippen LogP contribution in [0.15, 0.2) is 53.7 Å². The summed E-state index contributed by atoms with van der Waals surface area (Å²) in [5.74, 6) is 0.902. The summed E-state index contributed by atoms with van der Waals surface area (Å²) in [5, 5.41) is 14.8. The molecular formula is C19H19N5O2. The standard InChI is InChI=1S/C19H19N5O2/c25-17-10-16(15-11-20-6-7-21-15)23-18(17)22-24(19(23)26)14-8-13(9-14)12-4-2-1-3-5-12/h1-7,11,13-14,16-17,25H,8-10H2/t13?,14?,16-,17+/m1/s1. The number of nitrogens with zero attached hydrogens (tertiary/aromatic N) is 5. The predicted octanol–water partition coefficient (Wildman–Crippen LogP) is 1.98. The van der Waals surface area contributed by atoms with Crippen LogP contribution in [0.5, 0.6) is 0 Å². The van der Waals surface area contributed by atoms with Crippen LogP contribution in [0.1, 0.15) is 60.4 Å². The van der Waals surface area contributed by atoms with E-state index in [1.165, 1.54) is 5.56 Å². The van der Waals surface area contributed by atoms with Gasteiger partial charge in [-0.1, -0.05) is 30.3 Å². The van der Waals surface area contributed by atoms with E-state index in [2.05, 4.69) is 27.2 Å². The first-order chi connectivity index (χ1) is 12.7. The second kappa shape index (κ2) is 5.88. The summed E-state index contributed by atoms with van der Waals surface area (Å²) in [7, 11) is 0. The van der Waals surface area contributed by atoms with Gasteiger partial charge in [-0.3, -0.25) is 14.5 Å². The molecule has 1 saturated carbocycles. The molecule has 0 amide bonds. The maximum absolute atomic E-state index is 13.0. The van der Waals surface area contributed by atoms with Crippen LogP contribution in [-0.2, 0) is 0 Å². The van der Waals surface area contributed by atoms with E-state index in [-0.39, 0.29) is 17.8 Å². The van der Waals surface area contributed by atoms with Crippen LogP contribution in [0.25, 0.3) is 0 Å². The van der Waals surface area contributed by atoms with Gasteiger partial charge in [0.1, 0.15) is 6.10 Å². The van der Waals surface area contributed by atoms with Gasteiger partial charge in [-0.25, -0.2) is 9.48 Å². The first kappa shape index (κ1) is 15.5. The zero-order valence-electron chi connectivity index (χ0n) is 14.1. The summed E-state index contributed by atoms with van der Waals surface area (Å²) in [6.07, 6.45) is 6.30. The highest BCUT2D eigenvalue weighted by Crippen LogP contribution is 2.44. The highest BCUT2D eigenvalue weighted by atomic mass is 16.3. The van der Waals surface area contributed by atoms with E-state index in [0.717, 1.165) is 12.8 Å². The molecule has 0 bridgehead atoms. The maximum Gasteiger partial charge on any atom is 0.346 e. The third kappa shape index (κ3) is 2.31. The lowest BCUT2D eigenvalue weighted by molar-refractivity contribution is 0.165. The Bertz CT molecular complexity index is 976. The fourth-order valence-electron chi connectivity index (χ4n) is 4.11. The third-order valence-electron chi connectivity index (χ3n) is 5.57. The molecule has 5 rings (SSSR count). The van der Waals surface area contributed by atoms with E-state index in [4.69, 9.17) is 0 Å². The van der Waals surface area contributed by atoms with Crippen LogP contribution in [-0.4, -0.2) is 29.4 Å². The third-order valence-corrected chi connectivity index (χ3v) is 5.57. The molecule has 1 aliphatic carbocycles. The van der Waals surface area contributed by atoms with Crippen LogP contribution in [0.2, 0.25) is 0 Å². The van der Waals surface area contributed by atoms with Crippen molar-refractivity contribution in [1.82, 2.24) is 24.3 Å². The molecular weight excluding hydrogens is 330 g/mol. The van der Waals surface area contributed by atoms with E-state index in [9.17, 15) is 9.90 Å². The van der Waals surface area contributed by atoms with Crippen molar-refractivity contribution in [2.24, 2.45) is 0 Å². The van der Waals surface area contributed by atoms with Gasteiger partial charge in [-0.15, -0.1) is 0 Å². The molecule has 0 radical (unpaired) electrons. The van der Waals surface area contributed by atoms with Gasteiger partial charge < -0.3 is 5.11 Å². The maximum atomic E-state index is 13.0. The van der Waals surface area contributed by atoms with E-state index in [0.29, 0.717) is 23.9 Å². The van der Waals surface area contributed by atoms with Crippen molar-refractivity contribution in [1.29, 1.82) is 0 Å². The van der Waals surface area contributed by atoms with Crippen LogP contribution in [0, 0.1) is 0 Å². The fourth-order valence-corrected chi connectivity index (χ4v) is 4.11. The molecule has 2 aromatic heterocycles. The van der Waals surface area contributed by atoms with Crippen molar-refractivity contribution < 1.29 is 5.11 Å². The molecule has 1 N–H and O–H groups in total. The zero-order valence-corrected chi connectivity index (χ0v) is 14.1. The highest BCUT2D eigenvalue weighted by molar-refractivity contribution is 5.23. The van der Waals surface area contributed by atoms with Gasteiger partial charge >= 0.3 is 5.69 Å². The van der Waals surface area contributed by atoms with Gasteiger partial charge in [-0.2, -0.15) is 5.10 Å². The van der Waals surface area contributed by atoms with Crippen molar-refractivity contribution >= 4 is 0 Å². The van der Waals surface area contributed by atoms with E-state index in [1.54, 1.807) is 27.8 Å². The summed E-state index contributed by atoms with van der Waals surface area (Å²) in [4.78, 5) is 21.4. The average Bonchev–Trinajstić information content (AvgIpc) is 3.14. The molecule has 132 valence electrons. The van der Waals surface area contributed by atoms with Crippen molar-refractivity contribution in [3.05, 3.63) is 76.5 Å². The first-order valence-corrected chi connectivity index (χ1v) is 8.92. The SMILES string of the molecule is O=c1n(C2CC(c3ccccc3)C2)nc2n1[C@@H](c1cnccn1)C[C@@H]2O. The largest absolute Gasteiger partial charge is 0.385 e. The van der Waals surface area contributed by atoms with Crippen molar-refractivity contribution in [3.63, 3.8) is 0 Å². The molecule has 7 nitrogen and oxygen atoms in total. The molecule has 3 heterocycles. The minimum atomic E-state index is -0.749. The molecule has 1 fully saturated rings. The van der Waals surface area contributed by atoms with Crippen LogP contribution < -0.4 is 5.69 Å². The monoisotopic (exact) mass is 349 g/mol. The van der Waals surface area contributed by atoms with Gasteiger partial charge in [0.2, 0.25) is 0 Å². The fraction of sp³-hybridized carbons (Fsp3) is 0.368. The molecule has 0 unspecified atom stereocenters. The summed E-state index contributed by atoms with van der Waals surface area (Å²) in [6, 6.07) is 10.1. The van der Waals surface area contributed by atoms with E-state index >= 15 is 0 Å². The Morgan fingerprint density at radius 3 is 2.62 bits per heavy atom. The summed E-state index contributed by atoms with van der Waals surface area (Å²) in [5.41, 5.74) is 1.83. The van der Waals surface area contributed by atoms with Crippen LogP contribution >= 0.6 is 0 Å². The number of aliphatic hydroxyl groups is 1.